The largest absolute Gasteiger partial charge is 0.461 e. The minimum atomic E-state index is -0.769. The minimum absolute atomic E-state index is 0.0336. The van der Waals surface area contributed by atoms with Gasteiger partial charge in [0.15, 0.2) is 5.69 Å². The van der Waals surface area contributed by atoms with E-state index in [-0.39, 0.29) is 17.9 Å². The zero-order valence-corrected chi connectivity index (χ0v) is 14.6. The summed E-state index contributed by atoms with van der Waals surface area (Å²) < 4.78 is 9.17. The maximum Gasteiger partial charge on any atom is 0.375 e. The van der Waals surface area contributed by atoms with Gasteiger partial charge in [-0.3, -0.25) is 4.79 Å². The van der Waals surface area contributed by atoms with Crippen molar-refractivity contribution in [2.75, 3.05) is 18.5 Å². The maximum absolute atomic E-state index is 11.1. The number of rotatable bonds is 6. The number of nitrogens with zero attached hydrogens (tertiary/aromatic N) is 1. The van der Waals surface area contributed by atoms with Crippen molar-refractivity contribution in [3.8, 4) is 0 Å². The van der Waals surface area contributed by atoms with Crippen LogP contribution in [0.2, 0.25) is 0 Å². The molecule has 1 heterocycles. The number of esters is 2. The lowest BCUT2D eigenvalue weighted by Crippen LogP contribution is -2.17. The van der Waals surface area contributed by atoms with Crippen molar-refractivity contribution in [2.24, 2.45) is 0 Å². The van der Waals surface area contributed by atoms with Gasteiger partial charge in [0.1, 0.15) is 0 Å². The molecule has 0 aliphatic heterocycles. The van der Waals surface area contributed by atoms with Gasteiger partial charge in [-0.1, -0.05) is 22.9 Å². The number of ketones is 1. The predicted octanol–water partition coefficient (Wildman–Crippen LogP) is 2.40. The number of aromatic nitrogens is 1. The normalized spacial score (nSPS) is 9.33. The smallest absolute Gasteiger partial charge is 0.375 e. The summed E-state index contributed by atoms with van der Waals surface area (Å²) in [6.07, 6.45) is 0.865. The summed E-state index contributed by atoms with van der Waals surface area (Å²) in [6.45, 7) is 6.09. The van der Waals surface area contributed by atoms with E-state index in [1.54, 1.807) is 19.2 Å². The second kappa shape index (κ2) is 11.4. The molecule has 0 bridgehead atoms. The van der Waals surface area contributed by atoms with Crippen LogP contribution in [0.3, 0.4) is 0 Å². The lowest BCUT2D eigenvalue weighted by Gasteiger charge is -1.95. The second-order valence-electron chi connectivity index (χ2n) is 3.48. The molecule has 0 saturated heterocycles. The molecule has 118 valence electrons. The maximum atomic E-state index is 11.1. The molecule has 8 heteroatoms. The fourth-order valence-electron chi connectivity index (χ4n) is 1.04. The van der Waals surface area contributed by atoms with Gasteiger partial charge in [0.2, 0.25) is 5.78 Å². The minimum Gasteiger partial charge on any atom is -0.461 e. The van der Waals surface area contributed by atoms with Crippen molar-refractivity contribution in [1.29, 1.82) is 0 Å². The van der Waals surface area contributed by atoms with Crippen LogP contribution in [-0.4, -0.2) is 41.2 Å². The number of hydrogen-bond donors (Lipinski definition) is 0. The first-order chi connectivity index (χ1) is 9.99. The number of carbonyl (C=O) groups excluding carboxylic acids is 3. The van der Waals surface area contributed by atoms with Gasteiger partial charge in [-0.25, -0.2) is 14.6 Å². The molecule has 21 heavy (non-hydrogen) atoms. The van der Waals surface area contributed by atoms with Gasteiger partial charge in [0, 0.05) is 5.38 Å². The number of aryl methyl sites for hydroxylation is 1. The summed E-state index contributed by atoms with van der Waals surface area (Å²) in [4.78, 5) is 35.9. The Morgan fingerprint density at radius 1 is 1.19 bits per heavy atom. The molecule has 0 atom stereocenters. The van der Waals surface area contributed by atoms with Crippen molar-refractivity contribution < 1.29 is 23.9 Å². The molecule has 0 spiro atoms. The molecule has 0 N–H and O–H groups in total. The molecule has 0 aromatic carbocycles. The highest BCUT2D eigenvalue weighted by Crippen LogP contribution is 2.10. The van der Waals surface area contributed by atoms with Crippen LogP contribution in [0.4, 0.5) is 0 Å². The summed E-state index contributed by atoms with van der Waals surface area (Å²) >= 11 is 4.33. The molecule has 0 fully saturated rings. The summed E-state index contributed by atoms with van der Waals surface area (Å²) in [5.41, 5.74) is 0.429. The van der Waals surface area contributed by atoms with Gasteiger partial charge >= 0.3 is 11.9 Å². The Bertz CT molecular complexity index is 475. The Labute approximate surface area is 136 Å². The molecule has 6 nitrogen and oxygen atoms in total. The third-order valence-electron chi connectivity index (χ3n) is 1.96. The van der Waals surface area contributed by atoms with E-state index in [1.165, 1.54) is 11.3 Å². The van der Waals surface area contributed by atoms with Crippen molar-refractivity contribution in [2.45, 2.75) is 27.2 Å². The van der Waals surface area contributed by atoms with E-state index in [4.69, 9.17) is 4.74 Å². The predicted molar refractivity (Wildman–Crippen MR) is 82.9 cm³/mol. The Morgan fingerprint density at radius 3 is 2.24 bits per heavy atom. The van der Waals surface area contributed by atoms with E-state index in [0.29, 0.717) is 12.3 Å². The van der Waals surface area contributed by atoms with E-state index in [9.17, 15) is 14.4 Å². The Morgan fingerprint density at radius 2 is 1.81 bits per heavy atom. The fraction of sp³-hybridized carbons (Fsp3) is 0.538. The number of ether oxygens (including phenoxy) is 2. The van der Waals surface area contributed by atoms with Crippen LogP contribution in [0.1, 0.15) is 36.3 Å². The first-order valence-electron chi connectivity index (χ1n) is 6.37. The summed E-state index contributed by atoms with van der Waals surface area (Å²) in [6, 6.07) is 0. The first kappa shape index (κ1) is 19.7. The van der Waals surface area contributed by atoms with Crippen molar-refractivity contribution in [3.05, 3.63) is 16.1 Å². The number of thiazole rings is 1. The van der Waals surface area contributed by atoms with Crippen molar-refractivity contribution in [1.82, 2.24) is 4.98 Å². The second-order valence-corrected chi connectivity index (χ2v) is 4.98. The van der Waals surface area contributed by atoms with Crippen LogP contribution in [0.25, 0.3) is 0 Å². The van der Waals surface area contributed by atoms with Crippen molar-refractivity contribution in [3.63, 3.8) is 0 Å². The van der Waals surface area contributed by atoms with Gasteiger partial charge in [-0.15, -0.1) is 11.3 Å². The standard InChI is InChI=1S/C8H11NO2S.C5H7BrO3/c1-3-7-9-6(5-12-7)8(10)11-4-2;1-2-9-5(8)4(7)3-6/h5H,3-4H2,1-2H3;2-3H2,1H3. The number of Topliss-reactive ketones (excluding diaryl/α,β-unsaturated/α-hetero) is 1. The van der Waals surface area contributed by atoms with E-state index >= 15 is 0 Å². The van der Waals surface area contributed by atoms with Crippen LogP contribution in [-0.2, 0) is 25.5 Å². The Hall–Kier alpha value is -1.28. The monoisotopic (exact) mass is 379 g/mol. The van der Waals surface area contributed by atoms with Crippen LogP contribution >= 0.6 is 27.3 Å². The third-order valence-corrected chi connectivity index (χ3v) is 3.47. The van der Waals surface area contributed by atoms with Gasteiger partial charge in [-0.05, 0) is 20.3 Å². The quantitative estimate of drug-likeness (QED) is 0.428. The molecule has 1 aromatic rings. The molecule has 0 radical (unpaired) electrons. The number of hydrogen-bond acceptors (Lipinski definition) is 7. The molecule has 0 amide bonds. The van der Waals surface area contributed by atoms with Gasteiger partial charge in [-0.2, -0.15) is 0 Å². The summed E-state index contributed by atoms with van der Waals surface area (Å²) in [7, 11) is 0. The highest BCUT2D eigenvalue weighted by molar-refractivity contribution is 9.09. The van der Waals surface area contributed by atoms with Crippen LogP contribution in [0.5, 0.6) is 0 Å². The summed E-state index contributed by atoms with van der Waals surface area (Å²) in [5, 5.41) is 2.74. The molecule has 0 unspecified atom stereocenters. The lowest BCUT2D eigenvalue weighted by molar-refractivity contribution is -0.152. The van der Waals surface area contributed by atoms with Gasteiger partial charge < -0.3 is 9.47 Å². The van der Waals surface area contributed by atoms with E-state index in [1.807, 2.05) is 6.92 Å². The van der Waals surface area contributed by atoms with E-state index in [2.05, 4.69) is 25.7 Å². The first-order valence-corrected chi connectivity index (χ1v) is 8.37. The topological polar surface area (TPSA) is 82.6 Å². The SMILES string of the molecule is CCOC(=O)C(=O)CBr.CCOC(=O)c1csc(CC)n1. The average Bonchev–Trinajstić information content (AvgIpc) is 2.96. The van der Waals surface area contributed by atoms with E-state index in [0.717, 1.165) is 11.4 Å². The van der Waals surface area contributed by atoms with Gasteiger partial charge in [0.05, 0.1) is 23.6 Å². The number of carbonyl (C=O) groups is 3. The van der Waals surface area contributed by atoms with Crippen LogP contribution in [0.15, 0.2) is 5.38 Å². The summed E-state index contributed by atoms with van der Waals surface area (Å²) in [5.74, 6) is -1.64. The molecular formula is C13H18BrNO5S. The highest BCUT2D eigenvalue weighted by Gasteiger charge is 2.11. The zero-order valence-electron chi connectivity index (χ0n) is 12.2. The Balaban J connectivity index is 0.000000400. The average molecular weight is 380 g/mol. The molecule has 0 aliphatic rings. The number of alkyl halides is 1. The molecule has 1 aromatic heterocycles. The highest BCUT2D eigenvalue weighted by atomic mass is 79.9. The van der Waals surface area contributed by atoms with Crippen molar-refractivity contribution >= 4 is 45.0 Å². The lowest BCUT2D eigenvalue weighted by atomic mass is 10.5. The molecule has 0 aliphatic carbocycles. The molecule has 1 rings (SSSR count). The third kappa shape index (κ3) is 7.91. The Kier molecular flexibility index (Phi) is 10.7. The molecular weight excluding hydrogens is 362 g/mol. The van der Waals surface area contributed by atoms with Gasteiger partial charge in [0.25, 0.3) is 0 Å². The van der Waals surface area contributed by atoms with Crippen LogP contribution in [0, 0.1) is 0 Å². The van der Waals surface area contributed by atoms with Crippen LogP contribution < -0.4 is 0 Å². The van der Waals surface area contributed by atoms with E-state index < -0.39 is 11.8 Å². The molecule has 0 saturated carbocycles. The number of halogens is 1. The zero-order chi connectivity index (χ0) is 16.3. The fourth-order valence-corrected chi connectivity index (χ4v) is 1.98.